The first-order chi connectivity index (χ1) is 12.8. The van der Waals surface area contributed by atoms with Crippen LogP contribution in [0.25, 0.3) is 0 Å². The molecule has 0 fully saturated rings. The second-order valence-corrected chi connectivity index (χ2v) is 6.98. The molecule has 2 aromatic rings. The summed E-state index contributed by atoms with van der Waals surface area (Å²) in [5.74, 6) is 0.641. The average Bonchev–Trinajstić information content (AvgIpc) is 2.63. The summed E-state index contributed by atoms with van der Waals surface area (Å²) in [5.41, 5.74) is 3.23. The maximum absolute atomic E-state index is 12.5. The van der Waals surface area contributed by atoms with Crippen molar-refractivity contribution in [2.24, 2.45) is 0 Å². The van der Waals surface area contributed by atoms with Gasteiger partial charge in [-0.2, -0.15) is 0 Å². The van der Waals surface area contributed by atoms with Crippen LogP contribution in [0, 0.1) is 6.92 Å². The zero-order chi connectivity index (χ0) is 20.0. The van der Waals surface area contributed by atoms with E-state index in [4.69, 9.17) is 16.3 Å². The average molecular weight is 390 g/mol. The minimum absolute atomic E-state index is 0.00567. The first-order valence-electron chi connectivity index (χ1n) is 8.91. The van der Waals surface area contributed by atoms with Gasteiger partial charge in [0.25, 0.3) is 5.91 Å². The normalized spacial score (nSPS) is 11.7. The van der Waals surface area contributed by atoms with E-state index in [1.165, 1.54) is 6.92 Å². The molecular formula is C21H26ClN2O3+. The number of carbonyl (C=O) groups excluding carboxylic acids is 2. The molecule has 0 saturated carbocycles. The van der Waals surface area contributed by atoms with Crippen molar-refractivity contribution >= 4 is 29.0 Å². The highest BCUT2D eigenvalue weighted by molar-refractivity contribution is 6.31. The Balaban J connectivity index is 2.11. The summed E-state index contributed by atoms with van der Waals surface area (Å²) >= 11 is 6.02. The number of likely N-dealkylation sites (N-methyl/N-ethyl adjacent to an activating group) is 1. The summed E-state index contributed by atoms with van der Waals surface area (Å²) in [6, 6.07) is 10.8. The molecule has 27 heavy (non-hydrogen) atoms. The van der Waals surface area contributed by atoms with E-state index in [9.17, 15) is 9.59 Å². The van der Waals surface area contributed by atoms with Crippen LogP contribution in [0.3, 0.4) is 0 Å². The van der Waals surface area contributed by atoms with Gasteiger partial charge >= 0.3 is 0 Å². The summed E-state index contributed by atoms with van der Waals surface area (Å²) in [7, 11) is 1.60. The Labute approximate surface area is 165 Å². The number of ether oxygens (including phenoxy) is 1. The second-order valence-electron chi connectivity index (χ2n) is 6.55. The molecule has 6 heteroatoms. The fourth-order valence-electron chi connectivity index (χ4n) is 2.87. The molecule has 5 nitrogen and oxygen atoms in total. The van der Waals surface area contributed by atoms with Crippen molar-refractivity contribution in [1.82, 2.24) is 0 Å². The summed E-state index contributed by atoms with van der Waals surface area (Å²) in [6.07, 6.45) is 0. The lowest BCUT2D eigenvalue weighted by Gasteiger charge is -2.19. The van der Waals surface area contributed by atoms with Crippen molar-refractivity contribution in [3.05, 3.63) is 58.1 Å². The third-order valence-corrected chi connectivity index (χ3v) is 4.75. The van der Waals surface area contributed by atoms with E-state index in [-0.39, 0.29) is 11.7 Å². The van der Waals surface area contributed by atoms with E-state index in [2.05, 4.69) is 5.32 Å². The Morgan fingerprint density at radius 1 is 1.19 bits per heavy atom. The molecular weight excluding hydrogens is 364 g/mol. The molecule has 0 aliphatic carbocycles. The maximum Gasteiger partial charge on any atom is 0.279 e. The number of nitrogens with one attached hydrogen (secondary N) is 2. The first-order valence-corrected chi connectivity index (χ1v) is 9.29. The number of carbonyl (C=O) groups is 2. The Hall–Kier alpha value is -2.37. The molecule has 0 saturated heterocycles. The molecule has 0 aliphatic heterocycles. The number of anilines is 1. The quantitative estimate of drug-likeness (QED) is 0.682. The molecule has 0 aromatic heterocycles. The van der Waals surface area contributed by atoms with Gasteiger partial charge in [0.1, 0.15) is 12.3 Å². The van der Waals surface area contributed by atoms with Crippen LogP contribution >= 0.6 is 11.6 Å². The molecule has 0 spiro atoms. The van der Waals surface area contributed by atoms with Crippen molar-refractivity contribution in [3.63, 3.8) is 0 Å². The Kier molecular flexibility index (Phi) is 7.39. The van der Waals surface area contributed by atoms with E-state index in [0.29, 0.717) is 23.7 Å². The van der Waals surface area contributed by atoms with Crippen molar-refractivity contribution in [3.8, 4) is 5.75 Å². The van der Waals surface area contributed by atoms with Gasteiger partial charge in [-0.3, -0.25) is 9.59 Å². The highest BCUT2D eigenvalue weighted by Gasteiger charge is 2.17. The molecule has 144 valence electrons. The third kappa shape index (κ3) is 5.81. The maximum atomic E-state index is 12.5. The van der Waals surface area contributed by atoms with Gasteiger partial charge in [-0.05, 0) is 56.7 Å². The largest absolute Gasteiger partial charge is 0.496 e. The van der Waals surface area contributed by atoms with Gasteiger partial charge in [0.2, 0.25) is 0 Å². The molecule has 0 bridgehead atoms. The number of quaternary nitrogens is 1. The second kappa shape index (κ2) is 9.53. The molecule has 1 amide bonds. The number of amides is 1. The SMILES string of the molecule is CC[NH+](CC(=O)Nc1cc(Cl)ccc1C)Cc1cc(C(C)=O)ccc1OC. The van der Waals surface area contributed by atoms with E-state index in [0.717, 1.165) is 34.0 Å². The van der Waals surface area contributed by atoms with Crippen molar-refractivity contribution < 1.29 is 19.2 Å². The summed E-state index contributed by atoms with van der Waals surface area (Å²) in [6.45, 7) is 7.13. The highest BCUT2D eigenvalue weighted by Crippen LogP contribution is 2.20. The molecule has 1 unspecified atom stereocenters. The number of rotatable bonds is 8. The zero-order valence-corrected chi connectivity index (χ0v) is 16.9. The number of aryl methyl sites for hydroxylation is 1. The standard InChI is InChI=1S/C21H25ClN2O3/c1-5-24(12-17-10-16(15(3)25)7-9-20(17)27-4)13-21(26)23-19-11-18(22)8-6-14(19)2/h6-11H,5,12-13H2,1-4H3,(H,23,26)/p+1. The summed E-state index contributed by atoms with van der Waals surface area (Å²) in [5, 5.41) is 3.51. The topological polar surface area (TPSA) is 59.8 Å². The lowest BCUT2D eigenvalue weighted by Crippen LogP contribution is -3.11. The predicted molar refractivity (Wildman–Crippen MR) is 108 cm³/mol. The van der Waals surface area contributed by atoms with Gasteiger partial charge in [0.05, 0.1) is 13.7 Å². The van der Waals surface area contributed by atoms with E-state index < -0.39 is 0 Å². The lowest BCUT2D eigenvalue weighted by atomic mass is 10.1. The lowest BCUT2D eigenvalue weighted by molar-refractivity contribution is -0.903. The number of methoxy groups -OCH3 is 1. The van der Waals surface area contributed by atoms with Crippen LogP contribution in [0.4, 0.5) is 5.69 Å². The van der Waals surface area contributed by atoms with Crippen molar-refractivity contribution in [1.29, 1.82) is 0 Å². The number of ketones is 1. The number of halogens is 1. The predicted octanol–water partition coefficient (Wildman–Crippen LogP) is 2.90. The Bertz CT molecular complexity index is 836. The minimum atomic E-state index is -0.0843. The highest BCUT2D eigenvalue weighted by atomic mass is 35.5. The molecule has 2 rings (SSSR count). The molecule has 2 aromatic carbocycles. The number of hydrogen-bond donors (Lipinski definition) is 2. The van der Waals surface area contributed by atoms with Gasteiger partial charge in [0.15, 0.2) is 12.3 Å². The smallest absolute Gasteiger partial charge is 0.279 e. The third-order valence-electron chi connectivity index (χ3n) is 4.51. The van der Waals surface area contributed by atoms with Gasteiger partial charge < -0.3 is 15.0 Å². The van der Waals surface area contributed by atoms with E-state index in [1.807, 2.05) is 26.0 Å². The van der Waals surface area contributed by atoms with Crippen molar-refractivity contribution in [2.45, 2.75) is 27.3 Å². The first kappa shape index (κ1) is 20.9. The van der Waals surface area contributed by atoms with E-state index >= 15 is 0 Å². The van der Waals surface area contributed by atoms with Crippen LogP contribution in [0.15, 0.2) is 36.4 Å². The Morgan fingerprint density at radius 3 is 2.56 bits per heavy atom. The van der Waals surface area contributed by atoms with E-state index in [1.54, 1.807) is 31.4 Å². The molecule has 0 radical (unpaired) electrons. The number of Topliss-reactive ketones (excluding diaryl/α,β-unsaturated/α-hetero) is 1. The minimum Gasteiger partial charge on any atom is -0.496 e. The van der Waals surface area contributed by atoms with Crippen LogP contribution in [0.5, 0.6) is 5.75 Å². The molecule has 0 heterocycles. The summed E-state index contributed by atoms with van der Waals surface area (Å²) in [4.78, 5) is 25.2. The van der Waals surface area contributed by atoms with Crippen LogP contribution in [-0.2, 0) is 11.3 Å². The fraction of sp³-hybridized carbons (Fsp3) is 0.333. The van der Waals surface area contributed by atoms with Crippen molar-refractivity contribution in [2.75, 3.05) is 25.5 Å². The van der Waals surface area contributed by atoms with Crippen LogP contribution in [0.2, 0.25) is 5.02 Å². The van der Waals surface area contributed by atoms with Crippen LogP contribution in [-0.4, -0.2) is 31.9 Å². The summed E-state index contributed by atoms with van der Waals surface area (Å²) < 4.78 is 5.42. The monoisotopic (exact) mass is 389 g/mol. The molecule has 0 aliphatic rings. The fourth-order valence-corrected chi connectivity index (χ4v) is 3.04. The molecule has 1 atom stereocenters. The Morgan fingerprint density at radius 2 is 1.93 bits per heavy atom. The molecule has 2 N–H and O–H groups in total. The van der Waals surface area contributed by atoms with Crippen LogP contribution in [0.1, 0.15) is 35.3 Å². The van der Waals surface area contributed by atoms with Crippen LogP contribution < -0.4 is 15.0 Å². The zero-order valence-electron chi connectivity index (χ0n) is 16.2. The van der Waals surface area contributed by atoms with Gasteiger partial charge in [-0.15, -0.1) is 0 Å². The van der Waals surface area contributed by atoms with Gasteiger partial charge in [0, 0.05) is 21.8 Å². The number of hydrogen-bond acceptors (Lipinski definition) is 3. The van der Waals surface area contributed by atoms with Gasteiger partial charge in [-0.25, -0.2) is 0 Å². The van der Waals surface area contributed by atoms with Gasteiger partial charge in [-0.1, -0.05) is 17.7 Å². The number of benzene rings is 2.